The molecule has 0 aliphatic carbocycles. The van der Waals surface area contributed by atoms with Gasteiger partial charge in [-0.05, 0) is 11.6 Å². The lowest BCUT2D eigenvalue weighted by molar-refractivity contribution is 1.18. The highest BCUT2D eigenvalue weighted by atomic mass is 14.8. The molecule has 10 heavy (non-hydrogen) atoms. The maximum absolute atomic E-state index is 5.32. The van der Waals surface area contributed by atoms with E-state index in [0.29, 0.717) is 6.54 Å². The maximum atomic E-state index is 5.32. The zero-order chi connectivity index (χ0) is 7.98. The number of rotatable bonds is 3. The predicted octanol–water partition coefficient (Wildman–Crippen LogP) is -0.184. The molecule has 6 N–H and O–H groups in total. The van der Waals surface area contributed by atoms with Crippen LogP contribution >= 0.6 is 0 Å². The first-order chi connectivity index (χ1) is 4.70. The van der Waals surface area contributed by atoms with Crippen molar-refractivity contribution in [1.82, 2.24) is 0 Å². The molecule has 0 rings (SSSR count). The minimum Gasteiger partial charge on any atom is -0.386 e. The number of hydrogen-bond donors (Lipinski definition) is 3. The number of nitrogens with two attached hydrogens (primary N) is 3. The summed E-state index contributed by atoms with van der Waals surface area (Å²) in [5, 5.41) is 0. The molecule has 0 saturated heterocycles. The van der Waals surface area contributed by atoms with Crippen molar-refractivity contribution in [2.45, 2.75) is 0 Å². The number of allylic oxidation sites excluding steroid dienone is 2. The number of hydrogen-bond acceptors (Lipinski definition) is 3. The topological polar surface area (TPSA) is 78.1 Å². The molecule has 3 heteroatoms. The minimum absolute atomic E-state index is 0.271. The van der Waals surface area contributed by atoms with Gasteiger partial charge in [-0.1, -0.05) is 18.7 Å². The lowest BCUT2D eigenvalue weighted by Crippen LogP contribution is -2.07. The summed E-state index contributed by atoms with van der Waals surface area (Å²) >= 11 is 0. The Labute approximate surface area is 60.9 Å². The third kappa shape index (κ3) is 3.74. The third-order valence-corrected chi connectivity index (χ3v) is 0.988. The lowest BCUT2D eigenvalue weighted by Gasteiger charge is -1.92. The van der Waals surface area contributed by atoms with E-state index in [-0.39, 0.29) is 5.82 Å². The average Bonchev–Trinajstić information content (AvgIpc) is 1.90. The monoisotopic (exact) mass is 139 g/mol. The van der Waals surface area contributed by atoms with Gasteiger partial charge in [-0.15, -0.1) is 0 Å². The summed E-state index contributed by atoms with van der Waals surface area (Å²) in [6, 6.07) is 0. The molecule has 0 fully saturated rings. The van der Waals surface area contributed by atoms with E-state index in [4.69, 9.17) is 17.2 Å². The van der Waals surface area contributed by atoms with Gasteiger partial charge in [-0.25, -0.2) is 0 Å². The van der Waals surface area contributed by atoms with E-state index in [2.05, 4.69) is 6.58 Å². The van der Waals surface area contributed by atoms with Gasteiger partial charge in [0.2, 0.25) is 0 Å². The van der Waals surface area contributed by atoms with Crippen molar-refractivity contribution in [2.75, 3.05) is 6.54 Å². The van der Waals surface area contributed by atoms with Gasteiger partial charge < -0.3 is 17.2 Å². The molecule has 0 aromatic heterocycles. The molecule has 0 aromatic rings. The highest BCUT2D eigenvalue weighted by molar-refractivity contribution is 5.23. The van der Waals surface area contributed by atoms with E-state index in [1.807, 2.05) is 0 Å². The largest absolute Gasteiger partial charge is 0.386 e. The van der Waals surface area contributed by atoms with Crippen molar-refractivity contribution >= 4 is 0 Å². The standard InChI is InChI=1S/C7H13N3/c1-2-6(5-8)3-4-7(9)10/h2-4H,1,5,8-10H2/b6-3+. The van der Waals surface area contributed by atoms with E-state index >= 15 is 0 Å². The molecule has 0 saturated carbocycles. The molecule has 0 heterocycles. The summed E-state index contributed by atoms with van der Waals surface area (Å²) in [4.78, 5) is 0. The molecule has 0 atom stereocenters. The molecule has 0 aliphatic rings. The normalized spacial score (nSPS) is 10.7. The second kappa shape index (κ2) is 4.64. The van der Waals surface area contributed by atoms with E-state index in [9.17, 15) is 0 Å². The lowest BCUT2D eigenvalue weighted by atomic mass is 10.2. The molecule has 0 unspecified atom stereocenters. The fourth-order valence-corrected chi connectivity index (χ4v) is 0.423. The van der Waals surface area contributed by atoms with Gasteiger partial charge >= 0.3 is 0 Å². The maximum Gasteiger partial charge on any atom is 0.0933 e. The van der Waals surface area contributed by atoms with Crippen LogP contribution in [0.5, 0.6) is 0 Å². The molecule has 0 bridgehead atoms. The van der Waals surface area contributed by atoms with Gasteiger partial charge in [-0.3, -0.25) is 0 Å². The van der Waals surface area contributed by atoms with Crippen LogP contribution in [0.1, 0.15) is 0 Å². The Morgan fingerprint density at radius 3 is 2.20 bits per heavy atom. The molecule has 0 aromatic carbocycles. The summed E-state index contributed by atoms with van der Waals surface area (Å²) in [5.41, 5.74) is 16.6. The van der Waals surface area contributed by atoms with Crippen LogP contribution in [-0.2, 0) is 0 Å². The van der Waals surface area contributed by atoms with Gasteiger partial charge in [-0.2, -0.15) is 0 Å². The van der Waals surface area contributed by atoms with Crippen LogP contribution in [0.25, 0.3) is 0 Å². The summed E-state index contributed by atoms with van der Waals surface area (Å²) in [6.45, 7) is 4.00. The zero-order valence-electron chi connectivity index (χ0n) is 5.88. The first-order valence-electron chi connectivity index (χ1n) is 2.95. The fraction of sp³-hybridized carbons (Fsp3) is 0.143. The summed E-state index contributed by atoms with van der Waals surface area (Å²) < 4.78 is 0. The second-order valence-corrected chi connectivity index (χ2v) is 1.82. The van der Waals surface area contributed by atoms with Gasteiger partial charge in [0.25, 0.3) is 0 Å². The SMILES string of the molecule is C=C/C(=C\C=C(N)N)CN. The van der Waals surface area contributed by atoms with Crippen LogP contribution in [0.2, 0.25) is 0 Å². The Kier molecular flexibility index (Phi) is 4.07. The average molecular weight is 139 g/mol. The Hall–Kier alpha value is -1.22. The first kappa shape index (κ1) is 8.78. The molecule has 3 nitrogen and oxygen atoms in total. The molecule has 0 spiro atoms. The van der Waals surface area contributed by atoms with Crippen molar-refractivity contribution in [3.05, 3.63) is 36.2 Å². The molecule has 0 aliphatic heterocycles. The predicted molar refractivity (Wildman–Crippen MR) is 43.8 cm³/mol. The van der Waals surface area contributed by atoms with Crippen molar-refractivity contribution in [3.8, 4) is 0 Å². The quantitative estimate of drug-likeness (QED) is 0.474. The second-order valence-electron chi connectivity index (χ2n) is 1.82. The fourth-order valence-electron chi connectivity index (χ4n) is 0.423. The van der Waals surface area contributed by atoms with E-state index < -0.39 is 0 Å². The van der Waals surface area contributed by atoms with Crippen molar-refractivity contribution in [2.24, 2.45) is 17.2 Å². The van der Waals surface area contributed by atoms with Crippen LogP contribution in [0.4, 0.5) is 0 Å². The zero-order valence-corrected chi connectivity index (χ0v) is 5.88. The molecule has 56 valence electrons. The Bertz CT molecular complexity index is 164. The summed E-state index contributed by atoms with van der Waals surface area (Å²) in [6.07, 6.45) is 4.99. The highest BCUT2D eigenvalue weighted by Crippen LogP contribution is 1.91. The minimum atomic E-state index is 0.271. The third-order valence-electron chi connectivity index (χ3n) is 0.988. The van der Waals surface area contributed by atoms with E-state index in [1.165, 1.54) is 0 Å². The molecular weight excluding hydrogens is 126 g/mol. The smallest absolute Gasteiger partial charge is 0.0933 e. The van der Waals surface area contributed by atoms with Crippen molar-refractivity contribution in [3.63, 3.8) is 0 Å². The van der Waals surface area contributed by atoms with E-state index in [1.54, 1.807) is 18.2 Å². The van der Waals surface area contributed by atoms with E-state index in [0.717, 1.165) is 5.57 Å². The van der Waals surface area contributed by atoms with Crippen molar-refractivity contribution < 1.29 is 0 Å². The van der Waals surface area contributed by atoms with Gasteiger partial charge in [0.15, 0.2) is 0 Å². The van der Waals surface area contributed by atoms with Gasteiger partial charge in [0, 0.05) is 6.54 Å². The van der Waals surface area contributed by atoms with Crippen molar-refractivity contribution in [1.29, 1.82) is 0 Å². The van der Waals surface area contributed by atoms with Crippen LogP contribution in [0.3, 0.4) is 0 Å². The Morgan fingerprint density at radius 2 is 1.90 bits per heavy atom. The summed E-state index contributed by atoms with van der Waals surface area (Å²) in [7, 11) is 0. The van der Waals surface area contributed by atoms with Gasteiger partial charge in [0.05, 0.1) is 5.82 Å². The van der Waals surface area contributed by atoms with Crippen LogP contribution in [0.15, 0.2) is 36.2 Å². The van der Waals surface area contributed by atoms with Gasteiger partial charge in [0.1, 0.15) is 0 Å². The molecule has 0 radical (unpaired) electrons. The Balaban J connectivity index is 4.12. The van der Waals surface area contributed by atoms with Crippen LogP contribution in [0, 0.1) is 0 Å². The molecular formula is C7H13N3. The first-order valence-corrected chi connectivity index (χ1v) is 2.95. The molecule has 0 amide bonds. The van der Waals surface area contributed by atoms with Crippen LogP contribution in [-0.4, -0.2) is 6.54 Å². The highest BCUT2D eigenvalue weighted by Gasteiger charge is 1.82. The Morgan fingerprint density at radius 1 is 1.30 bits per heavy atom. The summed E-state index contributed by atoms with van der Waals surface area (Å²) in [5.74, 6) is 0.271. The van der Waals surface area contributed by atoms with Crippen LogP contribution < -0.4 is 17.2 Å².